The molecular weight excluding hydrogens is 469 g/mol. The number of aromatic nitrogens is 4. The first kappa shape index (κ1) is 25.0. The number of nitrogens with zero attached hydrogens (tertiary/aromatic N) is 5. The number of hydrogen-bond acceptors (Lipinski definition) is 5. The standard InChI is InChI=1S/C29H32FN5O2/c1-19-28(30)20(2)35(33-19)26-7-3-5-23(15-26)24(16-27(36)37)18-34-14-12-21(17-34)8-10-25-11-9-22-6-4-13-31-29(22)32-25/h3-7,9,11,13,15,21,24H,8,10,12,14,16-18H2,1-2H3,(H,36,37)/t21-,24?/m1/s1. The molecule has 0 radical (unpaired) electrons. The number of rotatable bonds is 9. The molecule has 0 amide bonds. The van der Waals surface area contributed by atoms with Crippen molar-refractivity contribution in [2.45, 2.75) is 45.4 Å². The molecule has 0 saturated carbocycles. The van der Waals surface area contributed by atoms with Crippen LogP contribution >= 0.6 is 0 Å². The molecule has 3 aromatic heterocycles. The first-order chi connectivity index (χ1) is 17.9. The Hall–Kier alpha value is -3.65. The summed E-state index contributed by atoms with van der Waals surface area (Å²) in [7, 11) is 0. The van der Waals surface area contributed by atoms with E-state index in [1.807, 2.05) is 36.4 Å². The van der Waals surface area contributed by atoms with Gasteiger partial charge in [0.25, 0.3) is 0 Å². The van der Waals surface area contributed by atoms with Gasteiger partial charge in [0.2, 0.25) is 0 Å². The molecule has 37 heavy (non-hydrogen) atoms. The number of fused-ring (bicyclic) bond motifs is 1. The summed E-state index contributed by atoms with van der Waals surface area (Å²) in [6, 6.07) is 15.8. The molecule has 1 fully saturated rings. The number of carbonyl (C=O) groups is 1. The molecule has 7 nitrogen and oxygen atoms in total. The fourth-order valence-electron chi connectivity index (χ4n) is 5.39. The summed E-state index contributed by atoms with van der Waals surface area (Å²) in [5.74, 6) is -0.744. The van der Waals surface area contributed by atoms with Gasteiger partial charge in [-0.2, -0.15) is 5.10 Å². The third-order valence-corrected chi connectivity index (χ3v) is 7.39. The molecule has 0 aliphatic carbocycles. The molecule has 4 aromatic rings. The first-order valence-corrected chi connectivity index (χ1v) is 12.8. The van der Waals surface area contributed by atoms with Crippen LogP contribution < -0.4 is 0 Å². The molecule has 1 aliphatic rings. The van der Waals surface area contributed by atoms with Gasteiger partial charge in [-0.1, -0.05) is 12.1 Å². The van der Waals surface area contributed by atoms with Gasteiger partial charge in [0.05, 0.1) is 23.5 Å². The number of carboxylic acids is 1. The van der Waals surface area contributed by atoms with E-state index in [-0.39, 0.29) is 18.2 Å². The van der Waals surface area contributed by atoms with Crippen LogP contribution in [0.25, 0.3) is 16.7 Å². The number of likely N-dealkylation sites (tertiary alicyclic amines) is 1. The third kappa shape index (κ3) is 5.69. The van der Waals surface area contributed by atoms with E-state index in [4.69, 9.17) is 4.98 Å². The highest BCUT2D eigenvalue weighted by atomic mass is 19.1. The Kier molecular flexibility index (Phi) is 7.28. The maximum atomic E-state index is 14.2. The molecule has 1 unspecified atom stereocenters. The lowest BCUT2D eigenvalue weighted by molar-refractivity contribution is -0.137. The van der Waals surface area contributed by atoms with Gasteiger partial charge in [0.15, 0.2) is 11.5 Å². The lowest BCUT2D eigenvalue weighted by Gasteiger charge is -2.24. The third-order valence-electron chi connectivity index (χ3n) is 7.39. The van der Waals surface area contributed by atoms with Crippen molar-refractivity contribution < 1.29 is 14.3 Å². The van der Waals surface area contributed by atoms with Gasteiger partial charge in [-0.05, 0) is 87.5 Å². The summed E-state index contributed by atoms with van der Waals surface area (Å²) in [4.78, 5) is 23.2. The largest absolute Gasteiger partial charge is 0.481 e. The highest BCUT2D eigenvalue weighted by molar-refractivity contribution is 5.74. The quantitative estimate of drug-likeness (QED) is 0.344. The average molecular weight is 502 g/mol. The molecule has 2 atom stereocenters. The van der Waals surface area contributed by atoms with Crippen molar-refractivity contribution in [2.75, 3.05) is 19.6 Å². The number of aryl methyl sites for hydroxylation is 2. The molecule has 1 N–H and O–H groups in total. The molecule has 0 bridgehead atoms. The van der Waals surface area contributed by atoms with Crippen LogP contribution in [-0.2, 0) is 11.2 Å². The van der Waals surface area contributed by atoms with Gasteiger partial charge in [-0.3, -0.25) is 4.79 Å². The van der Waals surface area contributed by atoms with Crippen molar-refractivity contribution in [3.8, 4) is 5.69 Å². The topological polar surface area (TPSA) is 84.1 Å². The summed E-state index contributed by atoms with van der Waals surface area (Å²) in [6.07, 6.45) is 4.86. The molecule has 5 rings (SSSR count). The van der Waals surface area contributed by atoms with E-state index in [2.05, 4.69) is 27.1 Å². The second kappa shape index (κ2) is 10.8. The van der Waals surface area contributed by atoms with Crippen LogP contribution in [0.4, 0.5) is 4.39 Å². The monoisotopic (exact) mass is 501 g/mol. The Labute approximate surface area is 216 Å². The van der Waals surface area contributed by atoms with Crippen LogP contribution in [0.1, 0.15) is 47.8 Å². The minimum atomic E-state index is -0.820. The van der Waals surface area contributed by atoms with Crippen molar-refractivity contribution in [2.24, 2.45) is 5.92 Å². The molecule has 192 valence electrons. The maximum absolute atomic E-state index is 14.2. The summed E-state index contributed by atoms with van der Waals surface area (Å²) >= 11 is 0. The van der Waals surface area contributed by atoms with E-state index >= 15 is 0 Å². The van der Waals surface area contributed by atoms with E-state index in [0.717, 1.165) is 60.3 Å². The SMILES string of the molecule is Cc1nn(-c2cccc(C(CC(=O)O)CN3CC[C@@H](CCc4ccc5cccnc5n4)C3)c2)c(C)c1F. The molecule has 0 spiro atoms. The van der Waals surface area contributed by atoms with Gasteiger partial charge in [0, 0.05) is 36.3 Å². The van der Waals surface area contributed by atoms with E-state index < -0.39 is 5.97 Å². The molecular formula is C29H32FN5O2. The Bertz CT molecular complexity index is 1420. The van der Waals surface area contributed by atoms with Crippen molar-refractivity contribution in [3.05, 3.63) is 83.2 Å². The number of hydrogen-bond donors (Lipinski definition) is 1. The van der Waals surface area contributed by atoms with Gasteiger partial charge in [0.1, 0.15) is 0 Å². The lowest BCUT2D eigenvalue weighted by Crippen LogP contribution is -2.28. The van der Waals surface area contributed by atoms with E-state index in [1.54, 1.807) is 24.7 Å². The van der Waals surface area contributed by atoms with E-state index in [9.17, 15) is 14.3 Å². The number of aliphatic carboxylic acids is 1. The molecule has 1 aliphatic heterocycles. The maximum Gasteiger partial charge on any atom is 0.304 e. The van der Waals surface area contributed by atoms with Crippen molar-refractivity contribution >= 4 is 17.0 Å². The lowest BCUT2D eigenvalue weighted by atomic mass is 9.94. The van der Waals surface area contributed by atoms with Gasteiger partial charge >= 0.3 is 5.97 Å². The fraction of sp³-hybridized carbons (Fsp3) is 0.379. The first-order valence-electron chi connectivity index (χ1n) is 12.8. The molecule has 1 aromatic carbocycles. The normalized spacial score (nSPS) is 16.9. The summed E-state index contributed by atoms with van der Waals surface area (Å²) in [5.41, 5.74) is 4.32. The van der Waals surface area contributed by atoms with Crippen molar-refractivity contribution in [3.63, 3.8) is 0 Å². The minimum Gasteiger partial charge on any atom is -0.481 e. The summed E-state index contributed by atoms with van der Waals surface area (Å²) in [5, 5.41) is 15.0. The zero-order chi connectivity index (χ0) is 25.9. The van der Waals surface area contributed by atoms with Crippen LogP contribution in [0.3, 0.4) is 0 Å². The Morgan fingerprint density at radius 1 is 1.19 bits per heavy atom. The second-order valence-corrected chi connectivity index (χ2v) is 10.1. The van der Waals surface area contributed by atoms with Gasteiger partial charge in [-0.15, -0.1) is 0 Å². The Morgan fingerprint density at radius 3 is 2.84 bits per heavy atom. The van der Waals surface area contributed by atoms with Crippen LogP contribution in [0.15, 0.2) is 54.7 Å². The Morgan fingerprint density at radius 2 is 2.05 bits per heavy atom. The van der Waals surface area contributed by atoms with E-state index in [0.29, 0.717) is 23.9 Å². The van der Waals surface area contributed by atoms with Crippen molar-refractivity contribution in [1.82, 2.24) is 24.6 Å². The predicted octanol–water partition coefficient (Wildman–Crippen LogP) is 5.08. The van der Waals surface area contributed by atoms with Gasteiger partial charge in [-0.25, -0.2) is 19.0 Å². The van der Waals surface area contributed by atoms with Crippen LogP contribution in [0, 0.1) is 25.6 Å². The van der Waals surface area contributed by atoms with Crippen LogP contribution in [0.5, 0.6) is 0 Å². The summed E-state index contributed by atoms with van der Waals surface area (Å²) < 4.78 is 15.8. The molecule has 8 heteroatoms. The highest BCUT2D eigenvalue weighted by Crippen LogP contribution is 2.29. The number of halogens is 1. The number of pyridine rings is 2. The van der Waals surface area contributed by atoms with Crippen LogP contribution in [0.2, 0.25) is 0 Å². The van der Waals surface area contributed by atoms with Gasteiger partial charge < -0.3 is 10.0 Å². The molecule has 4 heterocycles. The van der Waals surface area contributed by atoms with Crippen LogP contribution in [-0.4, -0.2) is 55.4 Å². The number of benzene rings is 1. The predicted molar refractivity (Wildman–Crippen MR) is 140 cm³/mol. The van der Waals surface area contributed by atoms with Crippen molar-refractivity contribution in [1.29, 1.82) is 0 Å². The number of carboxylic acid groups (broad SMARTS) is 1. The fourth-order valence-corrected chi connectivity index (χ4v) is 5.39. The minimum absolute atomic E-state index is 0.0457. The average Bonchev–Trinajstić information content (AvgIpc) is 3.46. The second-order valence-electron chi connectivity index (χ2n) is 10.1. The zero-order valence-corrected chi connectivity index (χ0v) is 21.3. The Balaban J connectivity index is 1.24. The van der Waals surface area contributed by atoms with E-state index in [1.165, 1.54) is 0 Å². The highest BCUT2D eigenvalue weighted by Gasteiger charge is 2.27. The zero-order valence-electron chi connectivity index (χ0n) is 21.3. The molecule has 1 saturated heterocycles. The smallest absolute Gasteiger partial charge is 0.304 e. The summed E-state index contributed by atoms with van der Waals surface area (Å²) in [6.45, 7) is 5.92.